The van der Waals surface area contributed by atoms with Gasteiger partial charge in [-0.15, -0.1) is 0 Å². The van der Waals surface area contributed by atoms with Gasteiger partial charge in [-0.05, 0) is 50.2 Å². The monoisotopic (exact) mass is 382 g/mol. The lowest BCUT2D eigenvalue weighted by Crippen LogP contribution is -2.34. The Labute approximate surface area is 167 Å². The van der Waals surface area contributed by atoms with Crippen molar-refractivity contribution < 1.29 is 14.6 Å². The van der Waals surface area contributed by atoms with E-state index in [0.717, 1.165) is 43.7 Å². The molecule has 1 amide bonds. The Morgan fingerprint density at radius 2 is 1.89 bits per heavy atom. The summed E-state index contributed by atoms with van der Waals surface area (Å²) in [5, 5.41) is 10.5. The van der Waals surface area contributed by atoms with E-state index in [-0.39, 0.29) is 17.6 Å². The number of hydrogen-bond acceptors (Lipinski definition) is 4. The van der Waals surface area contributed by atoms with Gasteiger partial charge in [0.25, 0.3) is 0 Å². The minimum atomic E-state index is -0.0603. The summed E-state index contributed by atoms with van der Waals surface area (Å²) in [6, 6.07) is 15.3. The van der Waals surface area contributed by atoms with Crippen LogP contribution in [0.3, 0.4) is 0 Å². The minimum Gasteiger partial charge on any atom is -0.508 e. The number of phenolic OH excluding ortho intramolecular Hbond substituents is 1. The minimum absolute atomic E-state index is 0.0603. The highest BCUT2D eigenvalue weighted by Crippen LogP contribution is 2.37. The number of benzene rings is 2. The van der Waals surface area contributed by atoms with Gasteiger partial charge in [0.15, 0.2) is 0 Å². The van der Waals surface area contributed by atoms with Crippen molar-refractivity contribution in [2.24, 2.45) is 0 Å². The van der Waals surface area contributed by atoms with Crippen LogP contribution in [0, 0.1) is 0 Å². The molecule has 1 heterocycles. The highest BCUT2D eigenvalue weighted by Gasteiger charge is 2.22. The molecular weight excluding hydrogens is 352 g/mol. The summed E-state index contributed by atoms with van der Waals surface area (Å²) in [7, 11) is 3.72. The summed E-state index contributed by atoms with van der Waals surface area (Å²) >= 11 is 0. The number of methoxy groups -OCH3 is 1. The predicted molar refractivity (Wildman–Crippen MR) is 111 cm³/mol. The van der Waals surface area contributed by atoms with Gasteiger partial charge in [-0.1, -0.05) is 30.3 Å². The van der Waals surface area contributed by atoms with Crippen LogP contribution in [0.2, 0.25) is 0 Å². The normalized spacial score (nSPS) is 16.4. The molecule has 1 fully saturated rings. The maximum atomic E-state index is 12.9. The summed E-state index contributed by atoms with van der Waals surface area (Å²) in [6.45, 7) is 3.57. The van der Waals surface area contributed by atoms with Crippen molar-refractivity contribution in [3.05, 3.63) is 59.7 Å². The van der Waals surface area contributed by atoms with E-state index >= 15 is 0 Å². The number of likely N-dealkylation sites (N-methyl/N-ethyl adjacent to an activating group) is 1. The van der Waals surface area contributed by atoms with Crippen molar-refractivity contribution in [2.75, 3.05) is 40.3 Å². The van der Waals surface area contributed by atoms with E-state index in [2.05, 4.69) is 24.1 Å². The first kappa shape index (κ1) is 20.2. The zero-order chi connectivity index (χ0) is 19.9. The molecule has 1 aliphatic heterocycles. The van der Waals surface area contributed by atoms with Crippen LogP contribution >= 0.6 is 0 Å². The lowest BCUT2D eigenvalue weighted by molar-refractivity contribution is -0.131. The standard InChI is InChI=1S/C23H30N2O3/c1-24-13-6-14-25(16-15-24)23(27)12-10-20(18-7-4-3-5-8-18)21-17-19(28-2)9-11-22(21)26/h3-5,7-9,11,17,20,26H,6,10,12-16H2,1-2H3. The maximum absolute atomic E-state index is 12.9. The molecule has 150 valence electrons. The highest BCUT2D eigenvalue weighted by molar-refractivity contribution is 5.76. The Balaban J connectivity index is 1.78. The summed E-state index contributed by atoms with van der Waals surface area (Å²) < 4.78 is 5.35. The SMILES string of the molecule is COc1ccc(O)c(C(CCC(=O)N2CCCN(C)CC2)c2ccccc2)c1. The zero-order valence-electron chi connectivity index (χ0n) is 16.8. The quantitative estimate of drug-likeness (QED) is 0.831. The fourth-order valence-electron chi connectivity index (χ4n) is 3.85. The fourth-order valence-corrected chi connectivity index (χ4v) is 3.85. The molecule has 1 unspecified atom stereocenters. The lowest BCUT2D eigenvalue weighted by atomic mass is 9.86. The molecule has 1 atom stereocenters. The number of carbonyl (C=O) groups is 1. The molecule has 0 aromatic heterocycles. The van der Waals surface area contributed by atoms with Crippen LogP contribution in [-0.4, -0.2) is 61.2 Å². The van der Waals surface area contributed by atoms with Crippen molar-refractivity contribution in [3.63, 3.8) is 0 Å². The van der Waals surface area contributed by atoms with Crippen LogP contribution in [-0.2, 0) is 4.79 Å². The first-order chi connectivity index (χ1) is 13.6. The molecule has 3 rings (SSSR count). The summed E-state index contributed by atoms with van der Waals surface area (Å²) in [5.74, 6) is 1.07. The van der Waals surface area contributed by atoms with Gasteiger partial charge in [0.1, 0.15) is 11.5 Å². The molecule has 28 heavy (non-hydrogen) atoms. The van der Waals surface area contributed by atoms with E-state index in [1.807, 2.05) is 29.2 Å². The molecule has 0 saturated carbocycles. The van der Waals surface area contributed by atoms with Gasteiger partial charge in [0.2, 0.25) is 5.91 Å². The number of amides is 1. The third kappa shape index (κ3) is 5.04. The van der Waals surface area contributed by atoms with E-state index in [9.17, 15) is 9.90 Å². The molecule has 2 aromatic rings. The number of phenols is 1. The van der Waals surface area contributed by atoms with Crippen molar-refractivity contribution >= 4 is 5.91 Å². The number of carbonyl (C=O) groups excluding carboxylic acids is 1. The fraction of sp³-hybridized carbons (Fsp3) is 0.435. The second-order valence-corrected chi connectivity index (χ2v) is 7.46. The highest BCUT2D eigenvalue weighted by atomic mass is 16.5. The van der Waals surface area contributed by atoms with Gasteiger partial charge >= 0.3 is 0 Å². The van der Waals surface area contributed by atoms with Crippen molar-refractivity contribution in [1.29, 1.82) is 0 Å². The van der Waals surface area contributed by atoms with E-state index in [0.29, 0.717) is 18.6 Å². The third-order valence-electron chi connectivity index (χ3n) is 5.53. The van der Waals surface area contributed by atoms with E-state index in [1.54, 1.807) is 19.2 Å². The van der Waals surface area contributed by atoms with Gasteiger partial charge in [-0.25, -0.2) is 0 Å². The van der Waals surface area contributed by atoms with Crippen molar-refractivity contribution in [3.8, 4) is 11.5 Å². The number of nitrogens with zero attached hydrogens (tertiary/aromatic N) is 2. The second kappa shape index (κ2) is 9.60. The van der Waals surface area contributed by atoms with E-state index in [4.69, 9.17) is 4.74 Å². The first-order valence-electron chi connectivity index (χ1n) is 9.96. The largest absolute Gasteiger partial charge is 0.508 e. The molecule has 0 radical (unpaired) electrons. The van der Waals surface area contributed by atoms with Crippen LogP contribution < -0.4 is 4.74 Å². The number of aromatic hydroxyl groups is 1. The molecule has 5 nitrogen and oxygen atoms in total. The molecule has 1 saturated heterocycles. The number of hydrogen-bond donors (Lipinski definition) is 1. The van der Waals surface area contributed by atoms with Crippen LogP contribution in [0.25, 0.3) is 0 Å². The molecule has 1 aliphatic rings. The number of rotatable bonds is 6. The average Bonchev–Trinajstić information content (AvgIpc) is 2.94. The zero-order valence-corrected chi connectivity index (χ0v) is 16.8. The molecule has 0 spiro atoms. The van der Waals surface area contributed by atoms with Gasteiger partial charge in [-0.2, -0.15) is 0 Å². The van der Waals surface area contributed by atoms with Crippen LogP contribution in [0.5, 0.6) is 11.5 Å². The Hall–Kier alpha value is -2.53. The molecule has 5 heteroatoms. The Morgan fingerprint density at radius 3 is 2.64 bits per heavy atom. The average molecular weight is 383 g/mol. The maximum Gasteiger partial charge on any atom is 0.222 e. The van der Waals surface area contributed by atoms with E-state index in [1.165, 1.54) is 0 Å². The Morgan fingerprint density at radius 1 is 1.11 bits per heavy atom. The smallest absolute Gasteiger partial charge is 0.222 e. The first-order valence-corrected chi connectivity index (χ1v) is 9.96. The van der Waals surface area contributed by atoms with Crippen molar-refractivity contribution in [1.82, 2.24) is 9.80 Å². The van der Waals surface area contributed by atoms with Gasteiger partial charge in [-0.3, -0.25) is 4.79 Å². The predicted octanol–water partition coefficient (Wildman–Crippen LogP) is 3.48. The van der Waals surface area contributed by atoms with Gasteiger partial charge in [0, 0.05) is 37.5 Å². The Kier molecular flexibility index (Phi) is 6.93. The molecular formula is C23H30N2O3. The molecule has 2 aromatic carbocycles. The molecule has 0 aliphatic carbocycles. The van der Waals surface area contributed by atoms with Crippen LogP contribution in [0.15, 0.2) is 48.5 Å². The molecule has 0 bridgehead atoms. The second-order valence-electron chi connectivity index (χ2n) is 7.46. The summed E-state index contributed by atoms with van der Waals surface area (Å²) in [4.78, 5) is 17.1. The van der Waals surface area contributed by atoms with Crippen LogP contribution in [0.4, 0.5) is 0 Å². The van der Waals surface area contributed by atoms with Crippen molar-refractivity contribution in [2.45, 2.75) is 25.2 Å². The lowest BCUT2D eigenvalue weighted by Gasteiger charge is -2.23. The molecule has 1 N–H and O–H groups in total. The van der Waals surface area contributed by atoms with Crippen LogP contribution in [0.1, 0.15) is 36.3 Å². The number of ether oxygens (including phenoxy) is 1. The third-order valence-corrected chi connectivity index (χ3v) is 5.53. The topological polar surface area (TPSA) is 53.0 Å². The summed E-state index contributed by atoms with van der Waals surface area (Å²) in [5.41, 5.74) is 1.89. The summed E-state index contributed by atoms with van der Waals surface area (Å²) in [6.07, 6.45) is 2.12. The Bertz CT molecular complexity index is 779. The van der Waals surface area contributed by atoms with E-state index < -0.39 is 0 Å². The van der Waals surface area contributed by atoms with Gasteiger partial charge < -0.3 is 19.6 Å². The van der Waals surface area contributed by atoms with Gasteiger partial charge in [0.05, 0.1) is 7.11 Å².